The summed E-state index contributed by atoms with van der Waals surface area (Å²) in [6, 6.07) is 15.0. The molecule has 0 bridgehead atoms. The van der Waals surface area contributed by atoms with Crippen LogP contribution in [0.2, 0.25) is 5.02 Å². The smallest absolute Gasteiger partial charge is 0.0645 e. The van der Waals surface area contributed by atoms with E-state index in [2.05, 4.69) is 41.3 Å². The minimum absolute atomic E-state index is 0.157. The first-order chi connectivity index (χ1) is 9.65. The summed E-state index contributed by atoms with van der Waals surface area (Å²) >= 11 is 6.48. The van der Waals surface area contributed by atoms with E-state index in [0.29, 0.717) is 0 Å². The van der Waals surface area contributed by atoms with Crippen LogP contribution in [0.25, 0.3) is 0 Å². The first-order valence-corrected chi connectivity index (χ1v) is 7.42. The molecule has 3 heteroatoms. The normalized spacial score (nSPS) is 15.2. The molecule has 20 heavy (non-hydrogen) atoms. The molecule has 2 nitrogen and oxygen atoms in total. The van der Waals surface area contributed by atoms with Crippen LogP contribution in [0.4, 0.5) is 11.4 Å². The second-order valence-corrected chi connectivity index (χ2v) is 5.90. The number of benzene rings is 2. The van der Waals surface area contributed by atoms with E-state index in [1.54, 1.807) is 0 Å². The number of rotatable bonds is 3. The fourth-order valence-corrected chi connectivity index (χ4v) is 3.16. The molecule has 0 fully saturated rings. The number of hydrogen-bond acceptors (Lipinski definition) is 2. The van der Waals surface area contributed by atoms with Crippen molar-refractivity contribution in [3.8, 4) is 0 Å². The Morgan fingerprint density at radius 2 is 2.00 bits per heavy atom. The molecule has 2 aromatic rings. The topological polar surface area (TPSA) is 29.3 Å². The fourth-order valence-electron chi connectivity index (χ4n) is 2.86. The third-order valence-corrected chi connectivity index (χ3v) is 4.05. The lowest BCUT2D eigenvalue weighted by atomic mass is 10.1. The first-order valence-electron chi connectivity index (χ1n) is 7.04. The molecule has 0 radical (unpaired) electrons. The van der Waals surface area contributed by atoms with Crippen molar-refractivity contribution in [1.29, 1.82) is 0 Å². The van der Waals surface area contributed by atoms with Crippen molar-refractivity contribution in [2.45, 2.75) is 25.8 Å². The Labute approximate surface area is 125 Å². The summed E-state index contributed by atoms with van der Waals surface area (Å²) in [5, 5.41) is 0.805. The highest BCUT2D eigenvalue weighted by Gasteiger charge is 2.21. The highest BCUT2D eigenvalue weighted by molar-refractivity contribution is 6.33. The molecule has 0 spiro atoms. The Morgan fingerprint density at radius 3 is 2.75 bits per heavy atom. The van der Waals surface area contributed by atoms with E-state index in [0.717, 1.165) is 30.1 Å². The van der Waals surface area contributed by atoms with Crippen LogP contribution in [0.15, 0.2) is 42.5 Å². The molecule has 2 aromatic carbocycles. The molecule has 0 aromatic heterocycles. The first kappa shape index (κ1) is 13.5. The SMILES string of the molecule is CC(N)Cc1ccc(N2CCc3ccccc32)c(Cl)c1. The lowest BCUT2D eigenvalue weighted by molar-refractivity contribution is 0.738. The molecule has 0 amide bonds. The highest BCUT2D eigenvalue weighted by atomic mass is 35.5. The van der Waals surface area contributed by atoms with Gasteiger partial charge in [0, 0.05) is 18.3 Å². The molecule has 0 saturated carbocycles. The Bertz CT molecular complexity index is 622. The van der Waals surface area contributed by atoms with E-state index in [1.165, 1.54) is 16.8 Å². The number of fused-ring (bicyclic) bond motifs is 1. The van der Waals surface area contributed by atoms with Crippen molar-refractivity contribution in [2.24, 2.45) is 5.73 Å². The lowest BCUT2D eigenvalue weighted by Gasteiger charge is -2.21. The number of anilines is 2. The summed E-state index contributed by atoms with van der Waals surface area (Å²) in [6.07, 6.45) is 1.94. The molecule has 2 N–H and O–H groups in total. The number of hydrogen-bond donors (Lipinski definition) is 1. The summed E-state index contributed by atoms with van der Waals surface area (Å²) in [5.74, 6) is 0. The third-order valence-electron chi connectivity index (χ3n) is 3.75. The predicted octanol–water partition coefficient (Wildman–Crippen LogP) is 3.92. The molecule has 3 rings (SSSR count). The summed E-state index contributed by atoms with van der Waals surface area (Å²) in [7, 11) is 0. The van der Waals surface area contributed by atoms with Crippen molar-refractivity contribution in [3.63, 3.8) is 0 Å². The Morgan fingerprint density at radius 1 is 1.20 bits per heavy atom. The second kappa shape index (κ2) is 5.47. The minimum Gasteiger partial charge on any atom is -0.340 e. The van der Waals surface area contributed by atoms with Gasteiger partial charge in [0.1, 0.15) is 0 Å². The molecule has 0 aliphatic carbocycles. The van der Waals surface area contributed by atoms with Gasteiger partial charge in [-0.2, -0.15) is 0 Å². The largest absolute Gasteiger partial charge is 0.340 e. The van der Waals surface area contributed by atoms with E-state index < -0.39 is 0 Å². The maximum atomic E-state index is 6.48. The minimum atomic E-state index is 0.157. The molecule has 1 aliphatic heterocycles. The number of para-hydroxylation sites is 1. The van der Waals surface area contributed by atoms with E-state index in [9.17, 15) is 0 Å². The van der Waals surface area contributed by atoms with Gasteiger partial charge in [-0.3, -0.25) is 0 Å². The maximum absolute atomic E-state index is 6.48. The van der Waals surface area contributed by atoms with Gasteiger partial charge in [-0.25, -0.2) is 0 Å². The zero-order valence-corrected chi connectivity index (χ0v) is 12.4. The van der Waals surface area contributed by atoms with Gasteiger partial charge in [-0.05, 0) is 49.1 Å². The number of nitrogens with zero attached hydrogens (tertiary/aromatic N) is 1. The molecular formula is C17H19ClN2. The van der Waals surface area contributed by atoms with E-state index in [-0.39, 0.29) is 6.04 Å². The summed E-state index contributed by atoms with van der Waals surface area (Å²) in [5.41, 5.74) is 10.8. The Kier molecular flexibility index (Phi) is 3.68. The monoisotopic (exact) mass is 286 g/mol. The van der Waals surface area contributed by atoms with Gasteiger partial charge in [0.25, 0.3) is 0 Å². The molecule has 1 unspecified atom stereocenters. The molecule has 1 heterocycles. The van der Waals surface area contributed by atoms with Gasteiger partial charge in [0.15, 0.2) is 0 Å². The van der Waals surface area contributed by atoms with Gasteiger partial charge >= 0.3 is 0 Å². The van der Waals surface area contributed by atoms with Gasteiger partial charge in [0.2, 0.25) is 0 Å². The van der Waals surface area contributed by atoms with E-state index in [1.807, 2.05) is 13.0 Å². The lowest BCUT2D eigenvalue weighted by Crippen LogP contribution is -2.18. The average Bonchev–Trinajstić information content (AvgIpc) is 2.82. The van der Waals surface area contributed by atoms with Crippen molar-refractivity contribution in [1.82, 2.24) is 0 Å². The van der Waals surface area contributed by atoms with Crippen LogP contribution in [0, 0.1) is 0 Å². The van der Waals surface area contributed by atoms with Crippen LogP contribution in [-0.2, 0) is 12.8 Å². The van der Waals surface area contributed by atoms with Crippen molar-refractivity contribution >= 4 is 23.0 Å². The van der Waals surface area contributed by atoms with E-state index in [4.69, 9.17) is 17.3 Å². The van der Waals surface area contributed by atoms with Gasteiger partial charge < -0.3 is 10.6 Å². The van der Waals surface area contributed by atoms with Gasteiger partial charge in [-0.1, -0.05) is 35.9 Å². The number of halogens is 1. The molecule has 1 atom stereocenters. The van der Waals surface area contributed by atoms with Crippen molar-refractivity contribution in [2.75, 3.05) is 11.4 Å². The van der Waals surface area contributed by atoms with Gasteiger partial charge in [0.05, 0.1) is 10.7 Å². The zero-order valence-electron chi connectivity index (χ0n) is 11.6. The summed E-state index contributed by atoms with van der Waals surface area (Å²) in [4.78, 5) is 2.30. The third kappa shape index (κ3) is 2.54. The van der Waals surface area contributed by atoms with Crippen LogP contribution < -0.4 is 10.6 Å². The molecule has 0 saturated heterocycles. The van der Waals surface area contributed by atoms with Crippen molar-refractivity contribution < 1.29 is 0 Å². The van der Waals surface area contributed by atoms with Crippen LogP contribution >= 0.6 is 11.6 Å². The summed E-state index contributed by atoms with van der Waals surface area (Å²) < 4.78 is 0. The highest BCUT2D eigenvalue weighted by Crippen LogP contribution is 2.38. The number of nitrogens with two attached hydrogens (primary N) is 1. The van der Waals surface area contributed by atoms with E-state index >= 15 is 0 Å². The average molecular weight is 287 g/mol. The Balaban J connectivity index is 1.92. The summed E-state index contributed by atoms with van der Waals surface area (Å²) in [6.45, 7) is 3.00. The zero-order chi connectivity index (χ0) is 14.1. The second-order valence-electron chi connectivity index (χ2n) is 5.50. The molecule has 104 valence electrons. The van der Waals surface area contributed by atoms with Crippen molar-refractivity contribution in [3.05, 3.63) is 58.6 Å². The van der Waals surface area contributed by atoms with Gasteiger partial charge in [-0.15, -0.1) is 0 Å². The standard InChI is InChI=1S/C17H19ClN2/c1-12(19)10-13-6-7-17(15(18)11-13)20-9-8-14-4-2-3-5-16(14)20/h2-7,11-12H,8-10,19H2,1H3. The molecular weight excluding hydrogens is 268 g/mol. The quantitative estimate of drug-likeness (QED) is 0.926. The Hall–Kier alpha value is -1.51. The van der Waals surface area contributed by atoms with Crippen LogP contribution in [-0.4, -0.2) is 12.6 Å². The molecule has 1 aliphatic rings. The maximum Gasteiger partial charge on any atom is 0.0645 e. The predicted molar refractivity (Wildman–Crippen MR) is 86.0 cm³/mol. The van der Waals surface area contributed by atoms with Crippen LogP contribution in [0.1, 0.15) is 18.1 Å². The van der Waals surface area contributed by atoms with Crippen LogP contribution in [0.5, 0.6) is 0 Å². The fraction of sp³-hybridized carbons (Fsp3) is 0.294. The van der Waals surface area contributed by atoms with Crippen LogP contribution in [0.3, 0.4) is 0 Å².